The fraction of sp³-hybridized carbons (Fsp3) is 0.333. The van der Waals surface area contributed by atoms with Gasteiger partial charge in [-0.2, -0.15) is 0 Å². The third-order valence-corrected chi connectivity index (χ3v) is 5.12. The summed E-state index contributed by atoms with van der Waals surface area (Å²) in [6.45, 7) is 8.11. The summed E-state index contributed by atoms with van der Waals surface area (Å²) in [5.41, 5.74) is 3.64. The summed E-state index contributed by atoms with van der Waals surface area (Å²) in [5, 5.41) is 5.77. The van der Waals surface area contributed by atoms with E-state index in [9.17, 15) is 9.59 Å². The maximum atomic E-state index is 12.5. The average molecular weight is 336 g/mol. The average Bonchev–Trinajstić information content (AvgIpc) is 2.83. The Morgan fingerprint density at radius 2 is 1.84 bits per heavy atom. The number of amides is 2. The molecule has 0 aliphatic carbocycles. The van der Waals surface area contributed by atoms with Crippen LogP contribution in [-0.2, 0) is 10.2 Å². The molecule has 2 N–H and O–H groups in total. The molecule has 0 aromatic heterocycles. The highest BCUT2D eigenvalue weighted by molar-refractivity contribution is 6.09. The van der Waals surface area contributed by atoms with E-state index in [2.05, 4.69) is 36.6 Å². The largest absolute Gasteiger partial charge is 0.325 e. The van der Waals surface area contributed by atoms with Gasteiger partial charge >= 0.3 is 0 Å². The topological polar surface area (TPSA) is 58.2 Å². The van der Waals surface area contributed by atoms with Gasteiger partial charge in [-0.05, 0) is 61.6 Å². The molecule has 1 aliphatic rings. The van der Waals surface area contributed by atoms with Crippen LogP contribution in [0.2, 0.25) is 0 Å². The number of hydrogen-bond donors (Lipinski definition) is 2. The highest BCUT2D eigenvalue weighted by atomic mass is 16.2. The van der Waals surface area contributed by atoms with Crippen molar-refractivity contribution in [2.24, 2.45) is 0 Å². The summed E-state index contributed by atoms with van der Waals surface area (Å²) in [7, 11) is 0. The molecule has 0 bridgehead atoms. The first kappa shape index (κ1) is 17.2. The Labute approximate surface area is 148 Å². The summed E-state index contributed by atoms with van der Waals surface area (Å²) in [6, 6.07) is 13.3. The Kier molecular flexibility index (Phi) is 4.38. The summed E-state index contributed by atoms with van der Waals surface area (Å²) in [5.74, 6) is 0.284. The summed E-state index contributed by atoms with van der Waals surface area (Å²) in [6.07, 6.45) is 1.09. The van der Waals surface area contributed by atoms with E-state index in [1.165, 1.54) is 5.56 Å². The molecule has 0 radical (unpaired) electrons. The number of carbonyl (C=O) groups excluding carboxylic acids is 2. The molecular weight excluding hydrogens is 312 g/mol. The van der Waals surface area contributed by atoms with Crippen LogP contribution in [0.15, 0.2) is 42.5 Å². The number of rotatable bonds is 4. The van der Waals surface area contributed by atoms with Crippen molar-refractivity contribution in [3.8, 4) is 0 Å². The lowest BCUT2D eigenvalue weighted by molar-refractivity contribution is -0.119. The van der Waals surface area contributed by atoms with Crippen molar-refractivity contribution >= 4 is 23.2 Å². The molecule has 2 aromatic carbocycles. The molecule has 1 heterocycles. The summed E-state index contributed by atoms with van der Waals surface area (Å²) >= 11 is 0. The summed E-state index contributed by atoms with van der Waals surface area (Å²) < 4.78 is 0. The molecule has 0 saturated heterocycles. The minimum absolute atomic E-state index is 0.0410. The molecule has 1 unspecified atom stereocenters. The van der Waals surface area contributed by atoms with Gasteiger partial charge in [0.25, 0.3) is 5.91 Å². The lowest BCUT2D eigenvalue weighted by atomic mass is 9.86. The van der Waals surface area contributed by atoms with Gasteiger partial charge in [0, 0.05) is 16.9 Å². The number of carbonyl (C=O) groups is 2. The molecule has 2 aromatic rings. The van der Waals surface area contributed by atoms with Crippen LogP contribution < -0.4 is 10.6 Å². The molecule has 25 heavy (non-hydrogen) atoms. The number of hydrogen-bond acceptors (Lipinski definition) is 2. The predicted octanol–water partition coefficient (Wildman–Crippen LogP) is 4.68. The Bertz CT molecular complexity index is 822. The van der Waals surface area contributed by atoms with E-state index in [1.54, 1.807) is 12.1 Å². The molecule has 2 amide bonds. The van der Waals surface area contributed by atoms with Crippen LogP contribution in [0.5, 0.6) is 0 Å². The van der Waals surface area contributed by atoms with Gasteiger partial charge in [0.05, 0.1) is 5.41 Å². The van der Waals surface area contributed by atoms with Crippen molar-refractivity contribution in [1.82, 2.24) is 0 Å². The zero-order chi connectivity index (χ0) is 18.2. The molecule has 0 saturated carbocycles. The first-order valence-corrected chi connectivity index (χ1v) is 8.70. The lowest BCUT2D eigenvalue weighted by Gasteiger charge is -2.15. The standard InChI is InChI=1S/C21H24N2O2/c1-5-13(2)14-6-9-16(10-7-14)22-19(24)15-8-11-17-18(12-15)23-20(25)21(17,3)4/h6-13H,5H2,1-4H3,(H,22,24)(H,23,25). The first-order chi connectivity index (χ1) is 11.8. The first-order valence-electron chi connectivity index (χ1n) is 8.70. The Balaban J connectivity index is 1.77. The van der Waals surface area contributed by atoms with Crippen molar-refractivity contribution in [3.05, 3.63) is 59.2 Å². The molecule has 130 valence electrons. The van der Waals surface area contributed by atoms with E-state index in [4.69, 9.17) is 0 Å². The van der Waals surface area contributed by atoms with Gasteiger partial charge in [0.2, 0.25) is 5.91 Å². The van der Waals surface area contributed by atoms with Crippen molar-refractivity contribution in [1.29, 1.82) is 0 Å². The molecule has 1 aliphatic heterocycles. The van der Waals surface area contributed by atoms with Crippen molar-refractivity contribution in [2.75, 3.05) is 10.6 Å². The normalized spacial score (nSPS) is 16.1. The van der Waals surface area contributed by atoms with E-state index >= 15 is 0 Å². The van der Waals surface area contributed by atoms with E-state index in [1.807, 2.05) is 32.0 Å². The molecule has 4 nitrogen and oxygen atoms in total. The monoisotopic (exact) mass is 336 g/mol. The zero-order valence-electron chi connectivity index (χ0n) is 15.1. The second-order valence-electron chi connectivity index (χ2n) is 7.22. The van der Waals surface area contributed by atoms with Crippen LogP contribution in [0.4, 0.5) is 11.4 Å². The molecule has 0 spiro atoms. The fourth-order valence-corrected chi connectivity index (χ4v) is 3.07. The van der Waals surface area contributed by atoms with Crippen molar-refractivity contribution in [3.63, 3.8) is 0 Å². The van der Waals surface area contributed by atoms with Crippen LogP contribution >= 0.6 is 0 Å². The van der Waals surface area contributed by atoms with Gasteiger partial charge < -0.3 is 10.6 Å². The highest BCUT2D eigenvalue weighted by Gasteiger charge is 2.38. The van der Waals surface area contributed by atoms with Gasteiger partial charge in [-0.1, -0.05) is 32.0 Å². The third kappa shape index (κ3) is 3.16. The number of anilines is 2. The van der Waals surface area contributed by atoms with Crippen LogP contribution in [0.1, 0.15) is 61.5 Å². The Morgan fingerprint density at radius 1 is 1.16 bits per heavy atom. The quantitative estimate of drug-likeness (QED) is 0.851. The second kappa shape index (κ2) is 6.36. The van der Waals surface area contributed by atoms with Crippen LogP contribution in [0.25, 0.3) is 0 Å². The van der Waals surface area contributed by atoms with Crippen LogP contribution in [-0.4, -0.2) is 11.8 Å². The van der Waals surface area contributed by atoms with Crippen LogP contribution in [0.3, 0.4) is 0 Å². The minimum Gasteiger partial charge on any atom is -0.325 e. The van der Waals surface area contributed by atoms with Crippen LogP contribution in [0, 0.1) is 0 Å². The van der Waals surface area contributed by atoms with Gasteiger partial charge in [0.15, 0.2) is 0 Å². The summed E-state index contributed by atoms with van der Waals surface area (Å²) in [4.78, 5) is 24.5. The molecule has 0 fully saturated rings. The molecule has 4 heteroatoms. The Hall–Kier alpha value is -2.62. The fourth-order valence-electron chi connectivity index (χ4n) is 3.07. The van der Waals surface area contributed by atoms with Crippen molar-refractivity contribution < 1.29 is 9.59 Å². The van der Waals surface area contributed by atoms with Gasteiger partial charge in [-0.3, -0.25) is 9.59 Å². The van der Waals surface area contributed by atoms with Gasteiger partial charge in [-0.25, -0.2) is 0 Å². The molecule has 1 atom stereocenters. The zero-order valence-corrected chi connectivity index (χ0v) is 15.1. The molecule has 3 rings (SSSR count). The number of fused-ring (bicyclic) bond motifs is 1. The second-order valence-corrected chi connectivity index (χ2v) is 7.22. The number of benzene rings is 2. The van der Waals surface area contributed by atoms with Crippen molar-refractivity contribution in [2.45, 2.75) is 45.4 Å². The van der Waals surface area contributed by atoms with Gasteiger partial charge in [0.1, 0.15) is 0 Å². The molecular formula is C21H24N2O2. The maximum absolute atomic E-state index is 12.5. The smallest absolute Gasteiger partial charge is 0.255 e. The SMILES string of the molecule is CCC(C)c1ccc(NC(=O)c2ccc3c(c2)NC(=O)C3(C)C)cc1. The van der Waals surface area contributed by atoms with E-state index in [0.717, 1.165) is 23.4 Å². The Morgan fingerprint density at radius 3 is 2.48 bits per heavy atom. The van der Waals surface area contributed by atoms with Gasteiger partial charge in [-0.15, -0.1) is 0 Å². The van der Waals surface area contributed by atoms with E-state index in [0.29, 0.717) is 11.5 Å². The minimum atomic E-state index is -0.559. The third-order valence-electron chi connectivity index (χ3n) is 5.12. The van der Waals surface area contributed by atoms with E-state index in [-0.39, 0.29) is 11.8 Å². The maximum Gasteiger partial charge on any atom is 0.255 e. The predicted molar refractivity (Wildman–Crippen MR) is 101 cm³/mol. The number of nitrogens with one attached hydrogen (secondary N) is 2. The highest BCUT2D eigenvalue weighted by Crippen LogP contribution is 2.37. The lowest BCUT2D eigenvalue weighted by Crippen LogP contribution is -2.26. The van der Waals surface area contributed by atoms with E-state index < -0.39 is 5.41 Å².